The van der Waals surface area contributed by atoms with Crippen LogP contribution in [0.1, 0.15) is 65.1 Å². The Morgan fingerprint density at radius 1 is 1.06 bits per heavy atom. The van der Waals surface area contributed by atoms with Gasteiger partial charge in [0.2, 0.25) is 0 Å². The molecule has 0 bridgehead atoms. The van der Waals surface area contributed by atoms with Crippen molar-refractivity contribution in [1.29, 1.82) is 0 Å². The Morgan fingerprint density at radius 2 is 1.66 bits per heavy atom. The average molecular weight is 486 g/mol. The van der Waals surface area contributed by atoms with E-state index in [-0.39, 0.29) is 23.8 Å². The largest absolute Gasteiger partial charge is 0.508 e. The molecule has 1 atom stereocenters. The molecule has 0 heterocycles. The number of rotatable bonds is 6. The van der Waals surface area contributed by atoms with Crippen molar-refractivity contribution >= 4 is 23.9 Å². The lowest BCUT2D eigenvalue weighted by molar-refractivity contribution is -0.142. The number of carboxylic acids is 1. The SMILES string of the molecule is Cc1cc(C(=O)NCc2cccc(O)c2)cc(C)c1C(=O)N(NC(=O)OC(C)(C)C)[C@@H](C)C(=O)O. The van der Waals surface area contributed by atoms with Crippen molar-refractivity contribution in [3.05, 3.63) is 64.2 Å². The fourth-order valence-electron chi connectivity index (χ4n) is 3.34. The summed E-state index contributed by atoms with van der Waals surface area (Å²) in [6.45, 7) is 9.59. The molecule has 2 aromatic carbocycles. The second-order valence-electron chi connectivity index (χ2n) is 9.14. The summed E-state index contributed by atoms with van der Waals surface area (Å²) in [6, 6.07) is 8.12. The van der Waals surface area contributed by atoms with Gasteiger partial charge >= 0.3 is 12.1 Å². The van der Waals surface area contributed by atoms with Gasteiger partial charge in [-0.15, -0.1) is 0 Å². The summed E-state index contributed by atoms with van der Waals surface area (Å²) in [4.78, 5) is 49.9. The molecule has 2 rings (SSSR count). The molecule has 0 aromatic heterocycles. The van der Waals surface area contributed by atoms with E-state index in [0.29, 0.717) is 27.3 Å². The molecule has 0 aliphatic heterocycles. The predicted molar refractivity (Wildman–Crippen MR) is 128 cm³/mol. The highest BCUT2D eigenvalue weighted by Crippen LogP contribution is 2.20. The molecule has 188 valence electrons. The summed E-state index contributed by atoms with van der Waals surface area (Å²) in [6.07, 6.45) is -0.975. The molecule has 3 amide bonds. The van der Waals surface area contributed by atoms with Crippen LogP contribution < -0.4 is 10.7 Å². The van der Waals surface area contributed by atoms with Gasteiger partial charge in [-0.3, -0.25) is 9.59 Å². The Labute approximate surface area is 203 Å². The van der Waals surface area contributed by atoms with Gasteiger partial charge in [0.05, 0.1) is 0 Å². The average Bonchev–Trinajstić information content (AvgIpc) is 2.73. The summed E-state index contributed by atoms with van der Waals surface area (Å²) in [7, 11) is 0. The Hall–Kier alpha value is -4.08. The number of aromatic hydroxyl groups is 1. The molecule has 0 aliphatic carbocycles. The Balaban J connectivity index is 2.28. The zero-order valence-electron chi connectivity index (χ0n) is 20.6. The van der Waals surface area contributed by atoms with Gasteiger partial charge in [0.25, 0.3) is 11.8 Å². The third-order valence-electron chi connectivity index (χ3n) is 4.95. The molecule has 0 fully saturated rings. The highest BCUT2D eigenvalue weighted by molar-refractivity contribution is 6.02. The first kappa shape index (κ1) is 27.2. The van der Waals surface area contributed by atoms with Crippen molar-refractivity contribution in [2.24, 2.45) is 0 Å². The Bertz CT molecular complexity index is 1120. The van der Waals surface area contributed by atoms with Gasteiger partial charge in [0, 0.05) is 17.7 Å². The number of carbonyl (C=O) groups excluding carboxylic acids is 3. The number of phenols is 1. The van der Waals surface area contributed by atoms with Crippen LogP contribution in [0.4, 0.5) is 4.79 Å². The standard InChI is InChI=1S/C25H31N3O7/c1-14-10-18(21(30)26-13-17-8-7-9-19(29)12-17)11-15(2)20(14)22(31)28(16(3)23(32)33)27-24(34)35-25(4,5)6/h7-12,16,29H,13H2,1-6H3,(H,26,30)(H,27,34)(H,32,33)/t16-/m0/s1. The van der Waals surface area contributed by atoms with Crippen LogP contribution in [0.5, 0.6) is 5.75 Å². The van der Waals surface area contributed by atoms with Gasteiger partial charge in [0.15, 0.2) is 0 Å². The number of carboxylic acid groups (broad SMARTS) is 1. The van der Waals surface area contributed by atoms with Crippen LogP contribution in [-0.4, -0.2) is 50.7 Å². The van der Waals surface area contributed by atoms with Gasteiger partial charge in [0.1, 0.15) is 17.4 Å². The Kier molecular flexibility index (Phi) is 8.46. The molecule has 10 heteroatoms. The first-order valence-electron chi connectivity index (χ1n) is 10.9. The molecule has 35 heavy (non-hydrogen) atoms. The first-order valence-corrected chi connectivity index (χ1v) is 10.9. The summed E-state index contributed by atoms with van der Waals surface area (Å²) < 4.78 is 5.16. The minimum atomic E-state index is -1.39. The quantitative estimate of drug-likeness (QED) is 0.459. The number of benzene rings is 2. The van der Waals surface area contributed by atoms with E-state index in [1.54, 1.807) is 46.8 Å². The minimum Gasteiger partial charge on any atom is -0.508 e. The smallest absolute Gasteiger partial charge is 0.426 e. The highest BCUT2D eigenvalue weighted by Gasteiger charge is 2.32. The third kappa shape index (κ3) is 7.46. The number of nitrogens with one attached hydrogen (secondary N) is 2. The molecule has 4 N–H and O–H groups in total. The van der Waals surface area contributed by atoms with E-state index in [1.807, 2.05) is 0 Å². The molecule has 10 nitrogen and oxygen atoms in total. The molecule has 2 aromatic rings. The van der Waals surface area contributed by atoms with Crippen LogP contribution in [0.2, 0.25) is 0 Å². The van der Waals surface area contributed by atoms with Crippen LogP contribution in [0.15, 0.2) is 36.4 Å². The van der Waals surface area contributed by atoms with E-state index < -0.39 is 29.6 Å². The molecule has 0 aliphatic rings. The fraction of sp³-hybridized carbons (Fsp3) is 0.360. The molecular formula is C25H31N3O7. The van der Waals surface area contributed by atoms with Gasteiger partial charge in [-0.05, 0) is 82.5 Å². The molecule has 0 unspecified atom stereocenters. The number of aliphatic carboxylic acids is 1. The van der Waals surface area contributed by atoms with Crippen molar-refractivity contribution in [2.75, 3.05) is 0 Å². The van der Waals surface area contributed by atoms with Crippen molar-refractivity contribution in [1.82, 2.24) is 15.8 Å². The maximum absolute atomic E-state index is 13.3. The zero-order valence-corrected chi connectivity index (χ0v) is 20.6. The summed E-state index contributed by atoms with van der Waals surface area (Å²) >= 11 is 0. The summed E-state index contributed by atoms with van der Waals surface area (Å²) in [5.41, 5.74) is 3.38. The maximum atomic E-state index is 13.3. The monoisotopic (exact) mass is 485 g/mol. The van der Waals surface area contributed by atoms with E-state index in [4.69, 9.17) is 4.74 Å². The lowest BCUT2D eigenvalue weighted by atomic mass is 9.97. The van der Waals surface area contributed by atoms with Crippen LogP contribution >= 0.6 is 0 Å². The molecule has 0 saturated heterocycles. The van der Waals surface area contributed by atoms with Crippen molar-refractivity contribution in [3.8, 4) is 5.75 Å². The molecule has 0 saturated carbocycles. The van der Waals surface area contributed by atoms with Crippen LogP contribution in [0.25, 0.3) is 0 Å². The number of hydrazine groups is 1. The topological polar surface area (TPSA) is 145 Å². The normalized spacial score (nSPS) is 11.8. The Morgan fingerprint density at radius 3 is 2.17 bits per heavy atom. The van der Waals surface area contributed by atoms with Crippen molar-refractivity contribution in [3.63, 3.8) is 0 Å². The van der Waals surface area contributed by atoms with Gasteiger partial charge in [-0.2, -0.15) is 0 Å². The number of nitrogens with zero attached hydrogens (tertiary/aromatic N) is 1. The van der Waals surface area contributed by atoms with Gasteiger partial charge < -0.3 is 20.3 Å². The predicted octanol–water partition coefficient (Wildman–Crippen LogP) is 3.29. The van der Waals surface area contributed by atoms with Crippen molar-refractivity contribution < 1.29 is 34.1 Å². The number of hydrogen-bond acceptors (Lipinski definition) is 6. The summed E-state index contributed by atoms with van der Waals surface area (Å²) in [5.74, 6) is -2.38. The van der Waals surface area contributed by atoms with E-state index in [0.717, 1.165) is 0 Å². The van der Waals surface area contributed by atoms with Gasteiger partial charge in [-0.25, -0.2) is 20.0 Å². The van der Waals surface area contributed by atoms with E-state index in [9.17, 15) is 29.4 Å². The lowest BCUT2D eigenvalue weighted by Gasteiger charge is -2.29. The van der Waals surface area contributed by atoms with E-state index in [2.05, 4.69) is 10.7 Å². The number of phenolic OH excluding ortho intramolecular Hbond substituents is 1. The highest BCUT2D eigenvalue weighted by atomic mass is 16.6. The number of hydrogen-bond donors (Lipinski definition) is 4. The maximum Gasteiger partial charge on any atom is 0.426 e. The molecule has 0 radical (unpaired) electrons. The van der Waals surface area contributed by atoms with E-state index >= 15 is 0 Å². The zero-order chi connectivity index (χ0) is 26.5. The van der Waals surface area contributed by atoms with Gasteiger partial charge in [-0.1, -0.05) is 12.1 Å². The first-order chi connectivity index (χ1) is 16.2. The van der Waals surface area contributed by atoms with Crippen molar-refractivity contribution in [2.45, 2.75) is 59.7 Å². The molecular weight excluding hydrogens is 454 g/mol. The van der Waals surface area contributed by atoms with Crippen LogP contribution in [0.3, 0.4) is 0 Å². The fourth-order valence-corrected chi connectivity index (χ4v) is 3.34. The minimum absolute atomic E-state index is 0.0893. The third-order valence-corrected chi connectivity index (χ3v) is 4.95. The second-order valence-corrected chi connectivity index (χ2v) is 9.14. The summed E-state index contributed by atoms with van der Waals surface area (Å²) in [5, 5.41) is 22.5. The number of amides is 3. The van der Waals surface area contributed by atoms with E-state index in [1.165, 1.54) is 31.2 Å². The lowest BCUT2D eigenvalue weighted by Crippen LogP contribution is -2.54. The molecule has 0 spiro atoms. The van der Waals surface area contributed by atoms with Crippen LogP contribution in [0, 0.1) is 13.8 Å². The van der Waals surface area contributed by atoms with Crippen LogP contribution in [-0.2, 0) is 16.1 Å². The second kappa shape index (κ2) is 10.9. The number of ether oxygens (including phenoxy) is 1. The number of aryl methyl sites for hydroxylation is 2. The number of carbonyl (C=O) groups is 4.